The largest absolute Gasteiger partial charge is 0.907 e. The van der Waals surface area contributed by atoms with Gasteiger partial charge in [0.15, 0.2) is 17.3 Å². The molecule has 0 unspecified atom stereocenters. The van der Waals surface area contributed by atoms with Crippen LogP contribution in [-0.4, -0.2) is 110 Å². The second-order valence-electron chi connectivity index (χ2n) is 9.84. The summed E-state index contributed by atoms with van der Waals surface area (Å²) in [4.78, 5) is 0. The molecule has 0 spiro atoms. The van der Waals surface area contributed by atoms with Gasteiger partial charge in [-0.2, -0.15) is 4.39 Å². The summed E-state index contributed by atoms with van der Waals surface area (Å²) < 4.78 is 28.2. The lowest BCUT2D eigenvalue weighted by atomic mass is 10.3. The molecular formula is C30H64BF2N3O5. The fourth-order valence-corrected chi connectivity index (χ4v) is 4.55. The Labute approximate surface area is 251 Å². The lowest BCUT2D eigenvalue weighted by molar-refractivity contribution is -0.921. The zero-order valence-corrected chi connectivity index (χ0v) is 28.4. The van der Waals surface area contributed by atoms with Crippen molar-refractivity contribution in [1.29, 1.82) is 0 Å². The van der Waals surface area contributed by atoms with E-state index in [9.17, 15) is 8.78 Å². The normalized spacial score (nSPS) is 11.0. The third-order valence-electron chi connectivity index (χ3n) is 9.10. The Morgan fingerprint density at radius 1 is 0.512 bits per heavy atom. The summed E-state index contributed by atoms with van der Waals surface area (Å²) in [6.07, 6.45) is 0. The molecule has 0 aliphatic rings. The molecule has 1 rings (SSSR count). The average molecular weight is 596 g/mol. The maximum absolute atomic E-state index is 12.2. The van der Waals surface area contributed by atoms with Crippen LogP contribution in [0.5, 0.6) is 11.5 Å². The lowest BCUT2D eigenvalue weighted by Gasteiger charge is -2.35. The molecule has 0 fully saturated rings. The first-order valence-corrected chi connectivity index (χ1v) is 15.5. The Bertz CT molecular complexity index is 604. The Kier molecular flexibility index (Phi) is 29.6. The maximum atomic E-state index is 12.2. The summed E-state index contributed by atoms with van der Waals surface area (Å²) in [5.74, 6) is -4.34. The molecule has 0 amide bonds. The monoisotopic (exact) mass is 595 g/mol. The van der Waals surface area contributed by atoms with Crippen molar-refractivity contribution in [3.8, 4) is 11.5 Å². The van der Waals surface area contributed by atoms with Crippen molar-refractivity contribution in [2.75, 3.05) is 78.5 Å². The second kappa shape index (κ2) is 26.2. The first-order valence-electron chi connectivity index (χ1n) is 15.5. The molecule has 0 saturated heterocycles. The minimum absolute atomic E-state index is 0.668. The van der Waals surface area contributed by atoms with Gasteiger partial charge in [0.1, 0.15) is 0 Å². The van der Waals surface area contributed by atoms with Gasteiger partial charge in [0.2, 0.25) is 5.82 Å². The van der Waals surface area contributed by atoms with Crippen LogP contribution in [0.4, 0.5) is 8.78 Å². The highest BCUT2D eigenvalue weighted by molar-refractivity contribution is 6.24. The van der Waals surface area contributed by atoms with E-state index >= 15 is 0 Å². The molecule has 0 heterocycles. The number of rotatable bonds is 12. The molecular weight excluding hydrogens is 531 g/mol. The summed E-state index contributed by atoms with van der Waals surface area (Å²) in [7, 11) is -2.92. The summed E-state index contributed by atoms with van der Waals surface area (Å²) >= 11 is 0. The van der Waals surface area contributed by atoms with Gasteiger partial charge in [0, 0.05) is 0 Å². The van der Waals surface area contributed by atoms with E-state index < -0.39 is 30.5 Å². The molecule has 0 aliphatic heterocycles. The highest BCUT2D eigenvalue weighted by atomic mass is 19.2. The highest BCUT2D eigenvalue weighted by Gasteiger charge is 2.17. The third-order valence-corrected chi connectivity index (χ3v) is 9.10. The van der Waals surface area contributed by atoms with Gasteiger partial charge >= 0.3 is 0 Å². The molecule has 0 aliphatic carbocycles. The van der Waals surface area contributed by atoms with Crippen LogP contribution in [0.25, 0.3) is 0 Å². The van der Waals surface area contributed by atoms with Gasteiger partial charge in [-0.25, -0.2) is 4.39 Å². The molecule has 41 heavy (non-hydrogen) atoms. The molecule has 8 nitrogen and oxygen atoms in total. The number of phenols is 2. The molecule has 1 aromatic carbocycles. The quantitative estimate of drug-likeness (QED) is 0.219. The molecule has 0 saturated carbocycles. The van der Waals surface area contributed by atoms with Crippen molar-refractivity contribution in [2.45, 2.75) is 83.1 Å². The second-order valence-corrected chi connectivity index (χ2v) is 9.84. The fourth-order valence-electron chi connectivity index (χ4n) is 4.55. The first kappa shape index (κ1) is 46.5. The lowest BCUT2D eigenvalue weighted by Crippen LogP contribution is -2.56. The average Bonchev–Trinajstić information content (AvgIpc) is 2.99. The summed E-state index contributed by atoms with van der Waals surface area (Å²) in [6, 6.07) is 1.60. The van der Waals surface area contributed by atoms with Crippen LogP contribution in [0.1, 0.15) is 83.1 Å². The molecule has 11 heteroatoms. The molecule has 246 valence electrons. The Balaban J connectivity index is -0.000000213. The molecule has 0 bridgehead atoms. The van der Waals surface area contributed by atoms with Gasteiger partial charge < -0.3 is 38.7 Å². The van der Waals surface area contributed by atoms with Crippen molar-refractivity contribution in [2.24, 2.45) is 0 Å². The van der Waals surface area contributed by atoms with E-state index in [4.69, 9.17) is 25.3 Å². The molecule has 1 aromatic rings. The molecule has 0 radical (unpaired) electrons. The number of hydrogen-bond acceptors (Lipinski definition) is 5. The highest BCUT2D eigenvalue weighted by Crippen LogP contribution is 2.28. The predicted octanol–water partition coefficient (Wildman–Crippen LogP) is 3.08. The predicted molar refractivity (Wildman–Crippen MR) is 163 cm³/mol. The standard InChI is InChI=1S/3C8H20N.C6H4F2O2.BO3/c3*1-5-9(6-2,7-3)8-4;7-3-1-2-4(9)6(10)5(3)8;2-1(3)4/h3*5-8H2,1-4H3;1-2,9-10H;/q3*+1;;-3. The van der Waals surface area contributed by atoms with Crippen LogP contribution in [-0.2, 0) is 0 Å². The zero-order valence-electron chi connectivity index (χ0n) is 28.4. The van der Waals surface area contributed by atoms with Crippen LogP contribution in [0.3, 0.4) is 0 Å². The van der Waals surface area contributed by atoms with Gasteiger partial charge in [-0.05, 0) is 95.2 Å². The van der Waals surface area contributed by atoms with Gasteiger partial charge in [0.05, 0.1) is 78.5 Å². The van der Waals surface area contributed by atoms with Gasteiger partial charge in [0.25, 0.3) is 0 Å². The summed E-state index contributed by atoms with van der Waals surface area (Å²) in [6.45, 7) is 42.7. The number of hydrogen-bond donors (Lipinski definition) is 2. The number of benzene rings is 1. The number of aromatic hydroxyl groups is 2. The van der Waals surface area contributed by atoms with Crippen LogP contribution >= 0.6 is 0 Å². The van der Waals surface area contributed by atoms with Crippen LogP contribution in [0.2, 0.25) is 0 Å². The van der Waals surface area contributed by atoms with E-state index in [1.165, 1.54) is 92.0 Å². The van der Waals surface area contributed by atoms with Crippen molar-refractivity contribution >= 4 is 7.32 Å². The zero-order chi connectivity index (χ0) is 33.3. The van der Waals surface area contributed by atoms with Crippen molar-refractivity contribution < 1.29 is 47.5 Å². The van der Waals surface area contributed by atoms with Crippen molar-refractivity contribution in [3.05, 3.63) is 23.8 Å². The van der Waals surface area contributed by atoms with Crippen LogP contribution in [0.15, 0.2) is 12.1 Å². The van der Waals surface area contributed by atoms with Crippen molar-refractivity contribution in [3.63, 3.8) is 0 Å². The SMILES string of the molecule is CC[N+](CC)(CC)CC.CC[N+](CC)(CC)CC.CC[N+](CC)(CC)CC.Oc1ccc(F)c(F)c1O.[O-]B([O-])[O-]. The Morgan fingerprint density at radius 3 is 0.829 bits per heavy atom. The van der Waals surface area contributed by atoms with E-state index in [0.717, 1.165) is 12.1 Å². The van der Waals surface area contributed by atoms with E-state index in [1.54, 1.807) is 0 Å². The molecule has 2 N–H and O–H groups in total. The molecule has 0 aromatic heterocycles. The number of nitrogens with zero attached hydrogens (tertiary/aromatic N) is 3. The van der Waals surface area contributed by atoms with E-state index in [2.05, 4.69) is 83.1 Å². The number of halogens is 2. The smallest absolute Gasteiger partial charge is 0.204 e. The topological polar surface area (TPSA) is 110 Å². The van der Waals surface area contributed by atoms with Gasteiger partial charge in [-0.3, -0.25) is 7.32 Å². The van der Waals surface area contributed by atoms with E-state index in [0.29, 0.717) is 0 Å². The van der Waals surface area contributed by atoms with Crippen molar-refractivity contribution in [1.82, 2.24) is 0 Å². The first-order chi connectivity index (χ1) is 19.1. The maximum Gasteiger partial charge on any atom is 0.204 e. The Morgan fingerprint density at radius 2 is 0.707 bits per heavy atom. The minimum Gasteiger partial charge on any atom is -0.907 e. The van der Waals surface area contributed by atoms with Crippen LogP contribution in [0, 0.1) is 11.6 Å². The van der Waals surface area contributed by atoms with E-state index in [1.807, 2.05) is 0 Å². The minimum atomic E-state index is -2.92. The molecule has 0 atom stereocenters. The fraction of sp³-hybridized carbons (Fsp3) is 0.800. The van der Waals surface area contributed by atoms with Crippen LogP contribution < -0.4 is 15.1 Å². The Hall–Kier alpha value is -1.50. The third kappa shape index (κ3) is 19.3. The summed E-state index contributed by atoms with van der Waals surface area (Å²) in [5.41, 5.74) is 0. The van der Waals surface area contributed by atoms with E-state index in [-0.39, 0.29) is 0 Å². The summed E-state index contributed by atoms with van der Waals surface area (Å²) in [5, 5.41) is 42.3. The number of quaternary nitrogens is 3. The number of phenolic OH excluding ortho intramolecular Hbond substituents is 2. The van der Waals surface area contributed by atoms with Gasteiger partial charge in [-0.1, -0.05) is 0 Å². The van der Waals surface area contributed by atoms with Gasteiger partial charge in [-0.15, -0.1) is 0 Å².